The Morgan fingerprint density at radius 1 is 0.950 bits per heavy atom. The van der Waals surface area contributed by atoms with E-state index in [4.69, 9.17) is 5.26 Å². The highest BCUT2D eigenvalue weighted by Gasteiger charge is 2.22. The molecule has 0 spiro atoms. The zero-order valence-electron chi connectivity index (χ0n) is 10.7. The van der Waals surface area contributed by atoms with Crippen LogP contribution in [-0.2, 0) is 6.42 Å². The Balaban J connectivity index is 2.10. The van der Waals surface area contributed by atoms with E-state index in [0.29, 0.717) is 11.3 Å². The van der Waals surface area contributed by atoms with Gasteiger partial charge in [-0.2, -0.15) is 5.26 Å². The Hall–Kier alpha value is -2.79. The molecule has 2 nitrogen and oxygen atoms in total. The fraction of sp³-hybridized carbons (Fsp3) is 0.0556. The van der Waals surface area contributed by atoms with E-state index < -0.39 is 0 Å². The van der Waals surface area contributed by atoms with Gasteiger partial charge in [0.2, 0.25) is 0 Å². The van der Waals surface area contributed by atoms with E-state index in [1.165, 1.54) is 11.1 Å². The number of phenolic OH excluding ortho intramolecular Hbond substituents is 1. The quantitative estimate of drug-likeness (QED) is 0.517. The van der Waals surface area contributed by atoms with Crippen molar-refractivity contribution < 1.29 is 5.11 Å². The van der Waals surface area contributed by atoms with Crippen LogP contribution in [0.4, 0.5) is 0 Å². The summed E-state index contributed by atoms with van der Waals surface area (Å²) in [5.41, 5.74) is 5.35. The molecule has 94 valence electrons. The van der Waals surface area contributed by atoms with Crippen molar-refractivity contribution in [1.82, 2.24) is 0 Å². The highest BCUT2D eigenvalue weighted by molar-refractivity contribution is 6.03. The minimum atomic E-state index is 0.327. The lowest BCUT2D eigenvalue weighted by Crippen LogP contribution is -1.83. The number of phenols is 1. The van der Waals surface area contributed by atoms with Crippen molar-refractivity contribution >= 4 is 10.8 Å². The second-order valence-corrected chi connectivity index (χ2v) is 5.14. The number of hydrogen-bond donors (Lipinski definition) is 1. The second kappa shape index (κ2) is 3.85. The molecule has 0 atom stereocenters. The molecule has 0 saturated heterocycles. The van der Waals surface area contributed by atoms with Crippen LogP contribution in [0.2, 0.25) is 0 Å². The zero-order chi connectivity index (χ0) is 13.7. The van der Waals surface area contributed by atoms with Crippen LogP contribution in [0.15, 0.2) is 48.5 Å². The van der Waals surface area contributed by atoms with Gasteiger partial charge in [0.15, 0.2) is 0 Å². The molecule has 0 unspecified atom stereocenters. The van der Waals surface area contributed by atoms with Crippen LogP contribution >= 0.6 is 0 Å². The lowest BCUT2D eigenvalue weighted by Gasteiger charge is -2.08. The molecule has 0 amide bonds. The van der Waals surface area contributed by atoms with E-state index in [9.17, 15) is 5.11 Å². The predicted octanol–water partition coefficient (Wildman–Crippen LogP) is 3.99. The van der Waals surface area contributed by atoms with E-state index >= 15 is 0 Å². The summed E-state index contributed by atoms with van der Waals surface area (Å²) in [7, 11) is 0. The third-order valence-corrected chi connectivity index (χ3v) is 3.99. The summed E-state index contributed by atoms with van der Waals surface area (Å²) < 4.78 is 0. The monoisotopic (exact) mass is 257 g/mol. The first kappa shape index (κ1) is 11.1. The van der Waals surface area contributed by atoms with Gasteiger partial charge in [0.25, 0.3) is 0 Å². The Bertz CT molecular complexity index is 903. The Labute approximate surface area is 116 Å². The molecule has 0 radical (unpaired) electrons. The lowest BCUT2D eigenvalue weighted by molar-refractivity contribution is 0.481. The largest absolute Gasteiger partial charge is 0.507 e. The Kier molecular flexibility index (Phi) is 2.13. The number of rotatable bonds is 0. The molecule has 2 heteroatoms. The van der Waals surface area contributed by atoms with Crippen LogP contribution in [0.25, 0.3) is 21.9 Å². The van der Waals surface area contributed by atoms with Gasteiger partial charge in [-0.25, -0.2) is 0 Å². The van der Waals surface area contributed by atoms with Crippen molar-refractivity contribution in [2.45, 2.75) is 6.42 Å². The minimum absolute atomic E-state index is 0.327. The summed E-state index contributed by atoms with van der Waals surface area (Å²) in [6.45, 7) is 0. The maximum absolute atomic E-state index is 10.2. The van der Waals surface area contributed by atoms with Gasteiger partial charge >= 0.3 is 0 Å². The van der Waals surface area contributed by atoms with Gasteiger partial charge in [0, 0.05) is 5.39 Å². The molecule has 0 aliphatic heterocycles. The third-order valence-electron chi connectivity index (χ3n) is 3.99. The van der Waals surface area contributed by atoms with Crippen LogP contribution in [0.5, 0.6) is 5.75 Å². The van der Waals surface area contributed by atoms with E-state index in [2.05, 4.69) is 6.07 Å². The van der Waals surface area contributed by atoms with Crippen molar-refractivity contribution in [3.63, 3.8) is 0 Å². The standard InChI is InChI=1S/C18H11NO/c19-10-11-5-6-14-12(7-11)8-13-9-17(20)15-3-1-2-4-16(15)18(13)14/h1-7,9,20H,8H2. The van der Waals surface area contributed by atoms with Crippen molar-refractivity contribution in [2.75, 3.05) is 0 Å². The second-order valence-electron chi connectivity index (χ2n) is 5.14. The van der Waals surface area contributed by atoms with Gasteiger partial charge < -0.3 is 5.11 Å². The normalized spacial score (nSPS) is 11.9. The molecule has 3 aromatic rings. The molecule has 1 N–H and O–H groups in total. The molecular formula is C18H11NO. The molecule has 4 rings (SSSR count). The van der Waals surface area contributed by atoms with Crippen LogP contribution in [0.1, 0.15) is 16.7 Å². The maximum atomic E-state index is 10.2. The van der Waals surface area contributed by atoms with Crippen molar-refractivity contribution in [3.05, 3.63) is 65.2 Å². The van der Waals surface area contributed by atoms with Crippen molar-refractivity contribution in [1.29, 1.82) is 5.26 Å². The molecule has 1 aliphatic carbocycles. The van der Waals surface area contributed by atoms with Crippen LogP contribution in [0, 0.1) is 11.3 Å². The van der Waals surface area contributed by atoms with Crippen LogP contribution < -0.4 is 0 Å². The first-order chi connectivity index (χ1) is 9.78. The average Bonchev–Trinajstić information content (AvgIpc) is 2.84. The minimum Gasteiger partial charge on any atom is -0.507 e. The Morgan fingerprint density at radius 2 is 1.75 bits per heavy atom. The SMILES string of the molecule is N#Cc1ccc2c(c1)Cc1cc(O)c3ccccc3c1-2. The molecule has 20 heavy (non-hydrogen) atoms. The summed E-state index contributed by atoms with van der Waals surface area (Å²) >= 11 is 0. The molecule has 0 bridgehead atoms. The topological polar surface area (TPSA) is 44.0 Å². The summed E-state index contributed by atoms with van der Waals surface area (Å²) in [6, 6.07) is 17.8. The fourth-order valence-corrected chi connectivity index (χ4v) is 3.13. The van der Waals surface area contributed by atoms with Crippen LogP contribution in [-0.4, -0.2) is 5.11 Å². The van der Waals surface area contributed by atoms with Gasteiger partial charge in [-0.05, 0) is 52.3 Å². The number of fused-ring (bicyclic) bond motifs is 5. The van der Waals surface area contributed by atoms with Crippen molar-refractivity contribution in [2.24, 2.45) is 0 Å². The number of benzene rings is 3. The maximum Gasteiger partial charge on any atom is 0.123 e. The molecule has 1 aliphatic rings. The zero-order valence-corrected chi connectivity index (χ0v) is 10.7. The van der Waals surface area contributed by atoms with E-state index in [0.717, 1.165) is 28.3 Å². The van der Waals surface area contributed by atoms with Gasteiger partial charge in [0.1, 0.15) is 5.75 Å². The number of nitrogens with zero attached hydrogens (tertiary/aromatic N) is 1. The average molecular weight is 257 g/mol. The smallest absolute Gasteiger partial charge is 0.123 e. The van der Waals surface area contributed by atoms with Gasteiger partial charge in [-0.15, -0.1) is 0 Å². The predicted molar refractivity (Wildman–Crippen MR) is 78.6 cm³/mol. The molecule has 0 aromatic heterocycles. The number of hydrogen-bond acceptors (Lipinski definition) is 2. The molecular weight excluding hydrogens is 246 g/mol. The lowest BCUT2D eigenvalue weighted by atomic mass is 9.97. The summed E-state index contributed by atoms with van der Waals surface area (Å²) in [4.78, 5) is 0. The van der Waals surface area contributed by atoms with Gasteiger partial charge in [-0.1, -0.05) is 30.3 Å². The molecule has 3 aromatic carbocycles. The molecule has 0 fully saturated rings. The summed E-state index contributed by atoms with van der Waals surface area (Å²) in [5.74, 6) is 0.327. The highest BCUT2D eigenvalue weighted by Crippen LogP contribution is 2.44. The first-order valence-corrected chi connectivity index (χ1v) is 6.55. The molecule has 0 heterocycles. The third kappa shape index (κ3) is 1.38. The Morgan fingerprint density at radius 3 is 2.55 bits per heavy atom. The number of nitriles is 1. The van der Waals surface area contributed by atoms with Crippen LogP contribution in [0.3, 0.4) is 0 Å². The molecule has 0 saturated carbocycles. The van der Waals surface area contributed by atoms with E-state index in [1.54, 1.807) is 0 Å². The number of aromatic hydroxyl groups is 1. The summed E-state index contributed by atoms with van der Waals surface area (Å²) in [5, 5.41) is 21.1. The fourth-order valence-electron chi connectivity index (χ4n) is 3.13. The first-order valence-electron chi connectivity index (χ1n) is 6.55. The highest BCUT2D eigenvalue weighted by atomic mass is 16.3. The van der Waals surface area contributed by atoms with Crippen molar-refractivity contribution in [3.8, 4) is 22.9 Å². The van der Waals surface area contributed by atoms with Gasteiger partial charge in [-0.3, -0.25) is 0 Å². The van der Waals surface area contributed by atoms with Gasteiger partial charge in [0.05, 0.1) is 11.6 Å². The summed E-state index contributed by atoms with van der Waals surface area (Å²) in [6.07, 6.45) is 0.776. The van der Waals surface area contributed by atoms with E-state index in [1.807, 2.05) is 48.5 Å². The van der Waals surface area contributed by atoms with E-state index in [-0.39, 0.29) is 0 Å².